The van der Waals surface area contributed by atoms with Gasteiger partial charge in [0.15, 0.2) is 16.6 Å². The van der Waals surface area contributed by atoms with Crippen LogP contribution in [0.1, 0.15) is 127 Å². The van der Waals surface area contributed by atoms with Gasteiger partial charge in [-0.05, 0) is 143 Å². The molecule has 0 amide bonds. The number of hydrogen-bond donors (Lipinski definition) is 1. The zero-order chi connectivity index (χ0) is 34.0. The van der Waals surface area contributed by atoms with E-state index in [1.807, 2.05) is 13.8 Å². The summed E-state index contributed by atoms with van der Waals surface area (Å²) in [6.07, 6.45) is 15.4. The Balaban J connectivity index is 1.59. The largest absolute Gasteiger partial charge is 0.413 e. The van der Waals surface area contributed by atoms with Gasteiger partial charge in [-0.1, -0.05) is 72.8 Å². The number of ether oxygens (including phenoxy) is 1. The van der Waals surface area contributed by atoms with Gasteiger partial charge >= 0.3 is 0 Å². The number of allylic oxidation sites excluding steroid dienone is 3. The van der Waals surface area contributed by atoms with E-state index in [9.17, 15) is 5.11 Å². The fourth-order valence-corrected chi connectivity index (χ4v) is 16.3. The van der Waals surface area contributed by atoms with Gasteiger partial charge in [0.05, 0.1) is 30.0 Å². The SMILES string of the molecule is C=C1C(=CC=C2CCC[C@@]3(C)[C@H]2CC[C@@H]3[C@]2(C)C[C@@H](CC(C)(C)O)CO2)CC(O[Si](CC)(CC)CC)C[C@@H]1O[Si](CC)(CC)CC. The Morgan fingerprint density at radius 1 is 0.935 bits per heavy atom. The van der Waals surface area contributed by atoms with Crippen molar-refractivity contribution in [2.45, 2.75) is 187 Å². The van der Waals surface area contributed by atoms with E-state index in [4.69, 9.17) is 20.2 Å². The maximum absolute atomic E-state index is 10.5. The summed E-state index contributed by atoms with van der Waals surface area (Å²) in [6.45, 7) is 28.4. The first-order valence-corrected chi connectivity index (χ1v) is 24.5. The van der Waals surface area contributed by atoms with Crippen LogP contribution in [-0.4, -0.2) is 51.8 Å². The third kappa shape index (κ3) is 8.10. The van der Waals surface area contributed by atoms with Gasteiger partial charge in [-0.2, -0.15) is 0 Å². The Bertz CT molecular complexity index is 1080. The third-order valence-corrected chi connectivity index (χ3v) is 23.1. The standard InChI is InChI=1S/C40H72O4Si2/c1-12-45(13-2,14-3)43-34-25-33(30(7)36(26-34)44-46(15-4,16-5)17-6)21-20-32-19-18-24-39(10)35(32)22-23-37(39)40(11)28-31(29-42-40)27-38(8,9)41/h20-21,31,34-37,41H,7,12-19,22-29H2,1-6,8-11H3/t31-,34?,35+,36+,37+,39+,40+/m1/s1. The second-order valence-corrected chi connectivity index (χ2v) is 26.4. The average molecular weight is 673 g/mol. The van der Waals surface area contributed by atoms with Gasteiger partial charge in [-0.15, -0.1) is 0 Å². The maximum atomic E-state index is 10.5. The van der Waals surface area contributed by atoms with Crippen LogP contribution in [0.2, 0.25) is 36.3 Å². The van der Waals surface area contributed by atoms with Gasteiger partial charge in [0, 0.05) is 6.42 Å². The summed E-state index contributed by atoms with van der Waals surface area (Å²) in [5.41, 5.74) is 3.78. The number of aliphatic hydroxyl groups is 1. The molecule has 4 rings (SSSR count). The lowest BCUT2D eigenvalue weighted by atomic mass is 9.59. The molecule has 0 spiro atoms. The minimum absolute atomic E-state index is 0.0796. The van der Waals surface area contributed by atoms with E-state index in [1.165, 1.54) is 79.5 Å². The summed E-state index contributed by atoms with van der Waals surface area (Å²) in [6, 6.07) is 7.06. The molecule has 0 aromatic heterocycles. The molecule has 3 saturated carbocycles. The van der Waals surface area contributed by atoms with Crippen LogP contribution in [0.15, 0.2) is 35.5 Å². The van der Waals surface area contributed by atoms with Crippen LogP contribution in [0.25, 0.3) is 0 Å². The van der Waals surface area contributed by atoms with Crippen LogP contribution in [0.4, 0.5) is 0 Å². The monoisotopic (exact) mass is 672 g/mol. The molecule has 4 fully saturated rings. The van der Waals surface area contributed by atoms with E-state index in [2.05, 4.69) is 67.5 Å². The van der Waals surface area contributed by atoms with Crippen LogP contribution in [0.5, 0.6) is 0 Å². The second kappa shape index (κ2) is 15.2. The van der Waals surface area contributed by atoms with Crippen molar-refractivity contribution >= 4 is 16.6 Å². The molecule has 1 aliphatic heterocycles. The van der Waals surface area contributed by atoms with Gasteiger partial charge in [-0.3, -0.25) is 0 Å². The highest BCUT2D eigenvalue weighted by molar-refractivity contribution is 6.74. The molecule has 1 heterocycles. The van der Waals surface area contributed by atoms with Crippen molar-refractivity contribution in [1.82, 2.24) is 0 Å². The quantitative estimate of drug-likeness (QED) is 0.187. The second-order valence-electron chi connectivity index (χ2n) is 17.0. The summed E-state index contributed by atoms with van der Waals surface area (Å²) in [4.78, 5) is 0. The van der Waals surface area contributed by atoms with Crippen LogP contribution >= 0.6 is 0 Å². The summed E-state index contributed by atoms with van der Waals surface area (Å²) >= 11 is 0. The molecule has 4 nitrogen and oxygen atoms in total. The van der Waals surface area contributed by atoms with Gasteiger partial charge in [0.1, 0.15) is 0 Å². The normalized spacial score (nSPS) is 36.2. The smallest absolute Gasteiger partial charge is 0.192 e. The molecule has 7 atom stereocenters. The fraction of sp³-hybridized carbons (Fsp3) is 0.850. The summed E-state index contributed by atoms with van der Waals surface area (Å²) in [5.74, 6) is 1.63. The minimum Gasteiger partial charge on any atom is -0.413 e. The lowest BCUT2D eigenvalue weighted by Gasteiger charge is -2.47. The highest BCUT2D eigenvalue weighted by Crippen LogP contribution is 2.62. The minimum atomic E-state index is -1.79. The molecule has 0 bridgehead atoms. The number of hydrogen-bond acceptors (Lipinski definition) is 4. The van der Waals surface area contributed by atoms with Crippen LogP contribution in [0.3, 0.4) is 0 Å². The Morgan fingerprint density at radius 2 is 1.54 bits per heavy atom. The van der Waals surface area contributed by atoms with E-state index < -0.39 is 22.2 Å². The molecule has 3 aliphatic carbocycles. The predicted molar refractivity (Wildman–Crippen MR) is 200 cm³/mol. The third-order valence-electron chi connectivity index (χ3n) is 13.7. The first-order chi connectivity index (χ1) is 21.6. The molecular formula is C40H72O4Si2. The molecule has 264 valence electrons. The van der Waals surface area contributed by atoms with E-state index in [-0.39, 0.29) is 23.2 Å². The predicted octanol–water partition coefficient (Wildman–Crippen LogP) is 11.1. The Hall–Kier alpha value is -0.506. The highest BCUT2D eigenvalue weighted by Gasteiger charge is 2.58. The van der Waals surface area contributed by atoms with Crippen molar-refractivity contribution in [1.29, 1.82) is 0 Å². The summed E-state index contributed by atoms with van der Waals surface area (Å²) in [5, 5.41) is 10.5. The lowest BCUT2D eigenvalue weighted by Crippen LogP contribution is -2.46. The summed E-state index contributed by atoms with van der Waals surface area (Å²) in [7, 11) is -3.53. The van der Waals surface area contributed by atoms with E-state index in [1.54, 1.807) is 5.57 Å². The van der Waals surface area contributed by atoms with Crippen LogP contribution in [0, 0.1) is 23.2 Å². The molecule has 6 heteroatoms. The van der Waals surface area contributed by atoms with Crippen molar-refractivity contribution in [3.8, 4) is 0 Å². The highest BCUT2D eigenvalue weighted by atomic mass is 28.4. The molecule has 1 unspecified atom stereocenters. The lowest BCUT2D eigenvalue weighted by molar-refractivity contribution is -0.0753. The van der Waals surface area contributed by atoms with E-state index >= 15 is 0 Å². The summed E-state index contributed by atoms with van der Waals surface area (Å²) < 4.78 is 21.1. The van der Waals surface area contributed by atoms with E-state index in [0.29, 0.717) is 17.8 Å². The molecule has 0 aromatic carbocycles. The van der Waals surface area contributed by atoms with Gasteiger partial charge in [0.25, 0.3) is 0 Å². The molecule has 4 aliphatic rings. The van der Waals surface area contributed by atoms with Gasteiger partial charge < -0.3 is 18.7 Å². The Morgan fingerprint density at radius 3 is 2.13 bits per heavy atom. The topological polar surface area (TPSA) is 47.9 Å². The average Bonchev–Trinajstić information content (AvgIpc) is 3.58. The van der Waals surface area contributed by atoms with E-state index in [0.717, 1.165) is 32.3 Å². The van der Waals surface area contributed by atoms with Crippen molar-refractivity contribution in [3.63, 3.8) is 0 Å². The Labute approximate surface area is 286 Å². The molecule has 1 N–H and O–H groups in total. The molecule has 1 saturated heterocycles. The van der Waals surface area contributed by atoms with Crippen molar-refractivity contribution in [3.05, 3.63) is 35.5 Å². The van der Waals surface area contributed by atoms with Gasteiger partial charge in [-0.25, -0.2) is 0 Å². The van der Waals surface area contributed by atoms with Crippen molar-refractivity contribution in [2.24, 2.45) is 23.2 Å². The molecule has 0 aromatic rings. The number of fused-ring (bicyclic) bond motifs is 1. The van der Waals surface area contributed by atoms with Gasteiger partial charge in [0.2, 0.25) is 0 Å². The van der Waals surface area contributed by atoms with Crippen LogP contribution < -0.4 is 0 Å². The zero-order valence-electron chi connectivity index (χ0n) is 31.7. The van der Waals surface area contributed by atoms with Crippen LogP contribution in [-0.2, 0) is 13.6 Å². The maximum Gasteiger partial charge on any atom is 0.192 e. The van der Waals surface area contributed by atoms with Crippen molar-refractivity contribution in [2.75, 3.05) is 6.61 Å². The first-order valence-electron chi connectivity index (χ1n) is 19.5. The molecule has 0 radical (unpaired) electrons. The zero-order valence-corrected chi connectivity index (χ0v) is 33.7. The first kappa shape index (κ1) is 38.3. The number of rotatable bonds is 14. The fourth-order valence-electron chi connectivity index (χ4n) is 10.6. The molecule has 46 heavy (non-hydrogen) atoms. The van der Waals surface area contributed by atoms with Crippen molar-refractivity contribution < 1.29 is 18.7 Å². The Kier molecular flexibility index (Phi) is 12.6. The molecular weight excluding hydrogens is 601 g/mol.